The molecular weight excluding hydrogens is 202 g/mol. The maximum Gasteiger partial charge on any atom is 0.118 e. The molecule has 1 saturated carbocycles. The molecule has 0 aliphatic heterocycles. The van der Waals surface area contributed by atoms with Gasteiger partial charge in [-0.2, -0.15) is 0 Å². The van der Waals surface area contributed by atoms with Crippen LogP contribution in [0.25, 0.3) is 0 Å². The Hall–Kier alpha value is -1.06. The Morgan fingerprint density at radius 3 is 2.62 bits per heavy atom. The number of rotatable bonds is 3. The Bertz CT molecular complexity index is 349. The third kappa shape index (κ3) is 2.20. The van der Waals surface area contributed by atoms with Crippen molar-refractivity contribution in [3.05, 3.63) is 29.8 Å². The predicted molar refractivity (Wildman–Crippen MR) is 63.6 cm³/mol. The van der Waals surface area contributed by atoms with Crippen molar-refractivity contribution >= 4 is 0 Å². The Morgan fingerprint density at radius 1 is 1.44 bits per heavy atom. The van der Waals surface area contributed by atoms with E-state index in [0.717, 1.165) is 25.0 Å². The Balaban J connectivity index is 2.08. The van der Waals surface area contributed by atoms with Gasteiger partial charge in [-0.1, -0.05) is 12.1 Å². The summed E-state index contributed by atoms with van der Waals surface area (Å²) in [6.07, 6.45) is 2.59. The molecule has 0 bridgehead atoms. The van der Waals surface area contributed by atoms with Crippen molar-refractivity contribution in [1.29, 1.82) is 0 Å². The van der Waals surface area contributed by atoms with E-state index in [-0.39, 0.29) is 0 Å². The average molecular weight is 221 g/mol. The van der Waals surface area contributed by atoms with E-state index in [1.54, 1.807) is 7.11 Å². The minimum Gasteiger partial charge on any atom is -0.497 e. The van der Waals surface area contributed by atoms with Crippen LogP contribution in [0, 0.1) is 0 Å². The molecule has 0 amide bonds. The molecule has 2 atom stereocenters. The van der Waals surface area contributed by atoms with Crippen LogP contribution in [-0.4, -0.2) is 24.4 Å². The molecule has 1 aliphatic carbocycles. The summed E-state index contributed by atoms with van der Waals surface area (Å²) in [7, 11) is 1.66. The lowest BCUT2D eigenvalue weighted by Crippen LogP contribution is -2.34. The van der Waals surface area contributed by atoms with Crippen LogP contribution >= 0.6 is 0 Å². The summed E-state index contributed by atoms with van der Waals surface area (Å²) in [4.78, 5) is 0. The number of hydrogen-bond acceptors (Lipinski definition) is 3. The van der Waals surface area contributed by atoms with Crippen molar-refractivity contribution in [3.63, 3.8) is 0 Å². The molecule has 0 aromatic heterocycles. The van der Waals surface area contributed by atoms with Crippen molar-refractivity contribution in [2.75, 3.05) is 13.7 Å². The fourth-order valence-corrected chi connectivity index (χ4v) is 2.45. The third-order valence-electron chi connectivity index (χ3n) is 3.55. The first kappa shape index (κ1) is 11.4. The molecule has 3 nitrogen and oxygen atoms in total. The molecule has 1 aromatic rings. The molecule has 88 valence electrons. The zero-order valence-electron chi connectivity index (χ0n) is 9.65. The third-order valence-corrected chi connectivity index (χ3v) is 3.55. The fourth-order valence-electron chi connectivity index (χ4n) is 2.45. The van der Waals surface area contributed by atoms with E-state index in [9.17, 15) is 5.11 Å². The molecular formula is C13H19NO2. The van der Waals surface area contributed by atoms with E-state index in [1.807, 2.05) is 12.1 Å². The second-order valence-corrected chi connectivity index (χ2v) is 4.64. The highest BCUT2D eigenvalue weighted by Gasteiger charge is 2.36. The maximum atomic E-state index is 10.1. The number of aliphatic hydroxyl groups is 1. The van der Waals surface area contributed by atoms with E-state index in [2.05, 4.69) is 12.1 Å². The summed E-state index contributed by atoms with van der Waals surface area (Å²) in [5, 5.41) is 10.1. The molecule has 0 saturated heterocycles. The number of methoxy groups -OCH3 is 1. The minimum atomic E-state index is -0.648. The Kier molecular flexibility index (Phi) is 3.17. The molecule has 0 radical (unpaired) electrons. The SMILES string of the molecule is COc1ccc(C2CCC(O)(CN)C2)cc1. The first-order valence-corrected chi connectivity index (χ1v) is 5.73. The highest BCUT2D eigenvalue weighted by molar-refractivity contribution is 5.30. The van der Waals surface area contributed by atoms with Crippen LogP contribution in [0.4, 0.5) is 0 Å². The van der Waals surface area contributed by atoms with E-state index in [4.69, 9.17) is 10.5 Å². The Morgan fingerprint density at radius 2 is 2.12 bits per heavy atom. The normalized spacial score (nSPS) is 29.3. The van der Waals surface area contributed by atoms with Gasteiger partial charge in [0, 0.05) is 6.54 Å². The van der Waals surface area contributed by atoms with Gasteiger partial charge in [-0.05, 0) is 42.9 Å². The lowest BCUT2D eigenvalue weighted by atomic mass is 9.94. The lowest BCUT2D eigenvalue weighted by molar-refractivity contribution is 0.0554. The molecule has 0 spiro atoms. The van der Waals surface area contributed by atoms with Gasteiger partial charge in [0.1, 0.15) is 5.75 Å². The summed E-state index contributed by atoms with van der Waals surface area (Å²) < 4.78 is 5.12. The quantitative estimate of drug-likeness (QED) is 0.816. The first-order valence-electron chi connectivity index (χ1n) is 5.73. The number of ether oxygens (including phenoxy) is 1. The summed E-state index contributed by atoms with van der Waals surface area (Å²) in [6, 6.07) is 8.09. The first-order chi connectivity index (χ1) is 7.67. The highest BCUT2D eigenvalue weighted by atomic mass is 16.5. The van der Waals surface area contributed by atoms with Crippen LogP contribution in [0.15, 0.2) is 24.3 Å². The predicted octanol–water partition coefficient (Wildman–Crippen LogP) is 1.65. The largest absolute Gasteiger partial charge is 0.497 e. The average Bonchev–Trinajstić information content (AvgIpc) is 2.73. The second-order valence-electron chi connectivity index (χ2n) is 4.64. The summed E-state index contributed by atoms with van der Waals surface area (Å²) in [5.74, 6) is 1.30. The zero-order chi connectivity index (χ0) is 11.6. The second kappa shape index (κ2) is 4.44. The monoisotopic (exact) mass is 221 g/mol. The van der Waals surface area contributed by atoms with Crippen LogP contribution in [0.1, 0.15) is 30.7 Å². The van der Waals surface area contributed by atoms with Crippen LogP contribution in [0.2, 0.25) is 0 Å². The van der Waals surface area contributed by atoms with Gasteiger partial charge >= 0.3 is 0 Å². The van der Waals surface area contributed by atoms with Gasteiger partial charge in [0.15, 0.2) is 0 Å². The Labute approximate surface area is 96.2 Å². The molecule has 3 N–H and O–H groups in total. The van der Waals surface area contributed by atoms with Crippen molar-refractivity contribution < 1.29 is 9.84 Å². The maximum absolute atomic E-state index is 10.1. The van der Waals surface area contributed by atoms with Gasteiger partial charge in [-0.3, -0.25) is 0 Å². The molecule has 2 rings (SSSR count). The van der Waals surface area contributed by atoms with Gasteiger partial charge in [0.2, 0.25) is 0 Å². The van der Waals surface area contributed by atoms with Crippen LogP contribution in [0.5, 0.6) is 5.75 Å². The van der Waals surface area contributed by atoms with E-state index in [0.29, 0.717) is 12.5 Å². The van der Waals surface area contributed by atoms with Gasteiger partial charge in [-0.25, -0.2) is 0 Å². The fraction of sp³-hybridized carbons (Fsp3) is 0.538. The summed E-state index contributed by atoms with van der Waals surface area (Å²) in [5.41, 5.74) is 6.20. The number of hydrogen-bond donors (Lipinski definition) is 2. The van der Waals surface area contributed by atoms with Crippen molar-refractivity contribution in [2.45, 2.75) is 30.8 Å². The topological polar surface area (TPSA) is 55.5 Å². The molecule has 1 aromatic carbocycles. The van der Waals surface area contributed by atoms with E-state index in [1.165, 1.54) is 5.56 Å². The van der Waals surface area contributed by atoms with Crippen molar-refractivity contribution in [3.8, 4) is 5.75 Å². The zero-order valence-corrected chi connectivity index (χ0v) is 9.65. The van der Waals surface area contributed by atoms with E-state index >= 15 is 0 Å². The molecule has 1 aliphatic rings. The summed E-state index contributed by atoms with van der Waals surface area (Å²) >= 11 is 0. The molecule has 2 unspecified atom stereocenters. The summed E-state index contributed by atoms with van der Waals surface area (Å²) in [6.45, 7) is 0.361. The number of benzene rings is 1. The van der Waals surface area contributed by atoms with Gasteiger partial charge < -0.3 is 15.6 Å². The minimum absolute atomic E-state index is 0.361. The van der Waals surface area contributed by atoms with Crippen molar-refractivity contribution in [2.24, 2.45) is 5.73 Å². The molecule has 3 heteroatoms. The molecule has 0 heterocycles. The van der Waals surface area contributed by atoms with Crippen LogP contribution in [0.3, 0.4) is 0 Å². The molecule has 16 heavy (non-hydrogen) atoms. The smallest absolute Gasteiger partial charge is 0.118 e. The standard InChI is InChI=1S/C13H19NO2/c1-16-12-4-2-10(3-5-12)11-6-7-13(15,8-11)9-14/h2-5,11,15H,6-9,14H2,1H3. The number of nitrogens with two attached hydrogens (primary N) is 1. The lowest BCUT2D eigenvalue weighted by Gasteiger charge is -2.20. The van der Waals surface area contributed by atoms with Gasteiger partial charge in [-0.15, -0.1) is 0 Å². The van der Waals surface area contributed by atoms with E-state index < -0.39 is 5.60 Å². The highest BCUT2D eigenvalue weighted by Crippen LogP contribution is 2.40. The van der Waals surface area contributed by atoms with Gasteiger partial charge in [0.05, 0.1) is 12.7 Å². The van der Waals surface area contributed by atoms with Crippen LogP contribution < -0.4 is 10.5 Å². The molecule has 1 fully saturated rings. The van der Waals surface area contributed by atoms with Gasteiger partial charge in [0.25, 0.3) is 0 Å². The van der Waals surface area contributed by atoms with Crippen molar-refractivity contribution in [1.82, 2.24) is 0 Å². The van der Waals surface area contributed by atoms with Crippen LogP contribution in [-0.2, 0) is 0 Å².